The smallest absolute Gasteiger partial charge is 0.164 e. The van der Waals surface area contributed by atoms with Gasteiger partial charge in [0.15, 0.2) is 23.3 Å². The highest BCUT2D eigenvalue weighted by molar-refractivity contribution is 6.11. The van der Waals surface area contributed by atoms with Crippen molar-refractivity contribution in [2.45, 2.75) is 0 Å². The Hall–Kier alpha value is -7.77. The molecule has 0 bridgehead atoms. The second-order valence-corrected chi connectivity index (χ2v) is 13.7. The zero-order chi connectivity index (χ0) is 37.0. The summed E-state index contributed by atoms with van der Waals surface area (Å²) in [6.07, 6.45) is 3.48. The van der Waals surface area contributed by atoms with Gasteiger partial charge in [0.25, 0.3) is 0 Å². The second kappa shape index (κ2) is 13.0. The largest absolute Gasteiger partial charge is 0.455 e. The quantitative estimate of drug-likeness (QED) is 0.169. The molecule has 4 aromatic heterocycles. The molecule has 0 fully saturated rings. The van der Waals surface area contributed by atoms with Crippen molar-refractivity contribution in [1.82, 2.24) is 24.9 Å². The number of fused-ring (bicyclic) bond motifs is 6. The number of nitrogens with zero attached hydrogens (tertiary/aromatic N) is 5. The van der Waals surface area contributed by atoms with Crippen LogP contribution in [0.5, 0.6) is 0 Å². The van der Waals surface area contributed by atoms with Crippen LogP contribution in [0.3, 0.4) is 0 Å². The molecule has 0 atom stereocenters. The zero-order valence-electron chi connectivity index (χ0n) is 29.8. The molecule has 0 saturated carbocycles. The fraction of sp³-hybridized carbons (Fsp3) is 0. The molecule has 0 spiro atoms. The molecular weight excluding hydrogens is 691 g/mol. The van der Waals surface area contributed by atoms with Gasteiger partial charge in [-0.2, -0.15) is 0 Å². The van der Waals surface area contributed by atoms with E-state index in [1.807, 2.05) is 97.1 Å². The van der Waals surface area contributed by atoms with E-state index in [-0.39, 0.29) is 0 Å². The Balaban J connectivity index is 1.15. The lowest BCUT2D eigenvalue weighted by atomic mass is 9.94. The van der Waals surface area contributed by atoms with Crippen LogP contribution in [-0.4, -0.2) is 24.9 Å². The summed E-state index contributed by atoms with van der Waals surface area (Å²) in [5.74, 6) is 2.33. The first-order valence-electron chi connectivity index (χ1n) is 18.4. The van der Waals surface area contributed by atoms with Gasteiger partial charge in [0.1, 0.15) is 22.3 Å². The van der Waals surface area contributed by atoms with Gasteiger partial charge in [-0.05, 0) is 47.5 Å². The van der Waals surface area contributed by atoms with Gasteiger partial charge >= 0.3 is 0 Å². The molecule has 0 aliphatic carbocycles. The molecule has 262 valence electrons. The molecule has 56 heavy (non-hydrogen) atoms. The average Bonchev–Trinajstić information content (AvgIpc) is 3.86. The van der Waals surface area contributed by atoms with Gasteiger partial charge < -0.3 is 8.83 Å². The average molecular weight is 720 g/mol. The van der Waals surface area contributed by atoms with Crippen LogP contribution in [0.2, 0.25) is 0 Å². The van der Waals surface area contributed by atoms with Crippen LogP contribution in [0.4, 0.5) is 0 Å². The molecule has 0 aliphatic rings. The lowest BCUT2D eigenvalue weighted by Gasteiger charge is -2.13. The monoisotopic (exact) mass is 719 g/mol. The first-order valence-corrected chi connectivity index (χ1v) is 18.4. The Morgan fingerprint density at radius 3 is 1.29 bits per heavy atom. The van der Waals surface area contributed by atoms with E-state index < -0.39 is 0 Å². The standard InChI is InChI=1S/C49H29N5O2/c1-2-11-30(12-3-1)47-52-48(32-23-21-31(22-24-32)46-50-25-10-26-51-46)54-49(53-47)35-28-33(36-15-8-17-40-38-13-4-6-19-42(38)55-44(36)40)27-34(29-35)37-16-9-18-41-39-14-5-7-20-43(39)56-45(37)41/h1-29H. The zero-order valence-corrected chi connectivity index (χ0v) is 29.8. The molecule has 11 rings (SSSR count). The highest BCUT2D eigenvalue weighted by atomic mass is 16.3. The SMILES string of the molecule is c1ccc(-c2nc(-c3ccc(-c4ncccn4)cc3)nc(-c3cc(-c4cccc5c4oc4ccccc45)cc(-c4cccc5c4oc4ccccc45)c3)n2)cc1. The molecule has 0 unspecified atom stereocenters. The molecular formula is C49H29N5O2. The van der Waals surface area contributed by atoms with E-state index >= 15 is 0 Å². The van der Waals surface area contributed by atoms with E-state index in [1.165, 1.54) is 0 Å². The Bertz CT molecular complexity index is 3110. The fourth-order valence-corrected chi connectivity index (χ4v) is 7.58. The van der Waals surface area contributed by atoms with Crippen LogP contribution in [0, 0.1) is 0 Å². The van der Waals surface area contributed by atoms with Crippen molar-refractivity contribution in [3.8, 4) is 67.8 Å². The first-order chi connectivity index (χ1) is 27.7. The summed E-state index contributed by atoms with van der Waals surface area (Å²) in [5.41, 5.74) is 10.7. The molecule has 7 aromatic carbocycles. The van der Waals surface area contributed by atoms with Crippen LogP contribution in [-0.2, 0) is 0 Å². The third-order valence-corrected chi connectivity index (χ3v) is 10.3. The Kier molecular flexibility index (Phi) is 7.35. The number of hydrogen-bond donors (Lipinski definition) is 0. The summed E-state index contributed by atoms with van der Waals surface area (Å²) in [6, 6.07) is 55.3. The third kappa shape index (κ3) is 5.41. The van der Waals surface area contributed by atoms with Crippen molar-refractivity contribution < 1.29 is 8.83 Å². The highest BCUT2D eigenvalue weighted by Gasteiger charge is 2.19. The number of aromatic nitrogens is 5. The summed E-state index contributed by atoms with van der Waals surface area (Å²) in [6.45, 7) is 0. The first kappa shape index (κ1) is 31.7. The van der Waals surface area contributed by atoms with E-state index in [0.29, 0.717) is 23.3 Å². The van der Waals surface area contributed by atoms with Crippen molar-refractivity contribution in [1.29, 1.82) is 0 Å². The molecule has 0 aliphatic heterocycles. The van der Waals surface area contributed by atoms with Gasteiger partial charge in [-0.25, -0.2) is 24.9 Å². The van der Waals surface area contributed by atoms with E-state index in [4.69, 9.17) is 23.8 Å². The number of rotatable bonds is 6. The van der Waals surface area contributed by atoms with Gasteiger partial charge in [0.05, 0.1) is 0 Å². The van der Waals surface area contributed by atoms with E-state index in [0.717, 1.165) is 88.4 Å². The van der Waals surface area contributed by atoms with E-state index in [1.54, 1.807) is 12.4 Å². The Morgan fingerprint density at radius 1 is 0.304 bits per heavy atom. The summed E-state index contributed by atoms with van der Waals surface area (Å²) in [7, 11) is 0. The molecule has 0 amide bonds. The molecule has 4 heterocycles. The predicted molar refractivity (Wildman–Crippen MR) is 223 cm³/mol. The lowest BCUT2D eigenvalue weighted by Crippen LogP contribution is -2.00. The molecule has 0 saturated heterocycles. The van der Waals surface area contributed by atoms with Gasteiger partial charge in [0.2, 0.25) is 0 Å². The maximum absolute atomic E-state index is 6.57. The van der Waals surface area contributed by atoms with Crippen LogP contribution in [0.1, 0.15) is 0 Å². The molecule has 7 heteroatoms. The van der Waals surface area contributed by atoms with Crippen LogP contribution in [0.15, 0.2) is 185 Å². The molecule has 0 N–H and O–H groups in total. The topological polar surface area (TPSA) is 90.7 Å². The van der Waals surface area contributed by atoms with Gasteiger partial charge in [0, 0.05) is 67.3 Å². The third-order valence-electron chi connectivity index (χ3n) is 10.3. The maximum Gasteiger partial charge on any atom is 0.164 e. The van der Waals surface area contributed by atoms with Gasteiger partial charge in [-0.3, -0.25) is 0 Å². The van der Waals surface area contributed by atoms with Crippen LogP contribution in [0.25, 0.3) is 112 Å². The normalized spacial score (nSPS) is 11.6. The van der Waals surface area contributed by atoms with Crippen molar-refractivity contribution in [2.24, 2.45) is 0 Å². The van der Waals surface area contributed by atoms with E-state index in [9.17, 15) is 0 Å². The van der Waals surface area contributed by atoms with Gasteiger partial charge in [-0.15, -0.1) is 0 Å². The Labute approximate surface area is 320 Å². The summed E-state index contributed by atoms with van der Waals surface area (Å²) >= 11 is 0. The summed E-state index contributed by atoms with van der Waals surface area (Å²) in [5, 5.41) is 4.27. The minimum atomic E-state index is 0.543. The number of benzene rings is 7. The van der Waals surface area contributed by atoms with Crippen molar-refractivity contribution in [3.05, 3.63) is 176 Å². The van der Waals surface area contributed by atoms with Crippen molar-refractivity contribution >= 4 is 43.9 Å². The minimum absolute atomic E-state index is 0.543. The summed E-state index contributed by atoms with van der Waals surface area (Å²) in [4.78, 5) is 24.2. The van der Waals surface area contributed by atoms with Gasteiger partial charge in [-0.1, -0.05) is 127 Å². The second-order valence-electron chi connectivity index (χ2n) is 13.7. The van der Waals surface area contributed by atoms with Crippen LogP contribution < -0.4 is 0 Å². The molecule has 11 aromatic rings. The molecule has 0 radical (unpaired) electrons. The van der Waals surface area contributed by atoms with Crippen molar-refractivity contribution in [3.63, 3.8) is 0 Å². The fourth-order valence-electron chi connectivity index (χ4n) is 7.58. The predicted octanol–water partition coefficient (Wildman–Crippen LogP) is 12.5. The maximum atomic E-state index is 6.57. The number of para-hydroxylation sites is 4. The van der Waals surface area contributed by atoms with Crippen LogP contribution >= 0.6 is 0 Å². The van der Waals surface area contributed by atoms with Crippen molar-refractivity contribution in [2.75, 3.05) is 0 Å². The number of furan rings is 2. The molecule has 7 nitrogen and oxygen atoms in total. The van der Waals surface area contributed by atoms with E-state index in [2.05, 4.69) is 76.7 Å². The Morgan fingerprint density at radius 2 is 0.732 bits per heavy atom. The summed E-state index contributed by atoms with van der Waals surface area (Å²) < 4.78 is 13.1. The highest BCUT2D eigenvalue weighted by Crippen LogP contribution is 2.42. The lowest BCUT2D eigenvalue weighted by molar-refractivity contribution is 0.670. The number of hydrogen-bond acceptors (Lipinski definition) is 7. The minimum Gasteiger partial charge on any atom is -0.455 e.